The van der Waals surface area contributed by atoms with Crippen molar-refractivity contribution in [3.05, 3.63) is 6.07 Å². The van der Waals surface area contributed by atoms with Crippen LogP contribution in [-0.4, -0.2) is 29.7 Å². The number of urea groups is 1. The number of carbonyl (C=O) groups excluding carboxylic acids is 1. The minimum atomic E-state index is -3.04. The van der Waals surface area contributed by atoms with Crippen LogP contribution in [0.15, 0.2) is 6.07 Å². The zero-order valence-electron chi connectivity index (χ0n) is 8.11. The molecule has 0 spiro atoms. The maximum atomic E-state index is 11.9. The van der Waals surface area contributed by atoms with Gasteiger partial charge in [0.1, 0.15) is 0 Å². The summed E-state index contributed by atoms with van der Waals surface area (Å²) in [6.45, 7) is -3.04. The smallest absolute Gasteiger partial charge is 0.388 e. The number of rotatable bonds is 4. The highest BCUT2D eigenvalue weighted by atomic mass is 19.3. The van der Waals surface area contributed by atoms with E-state index in [0.29, 0.717) is 0 Å². The number of amides is 2. The fourth-order valence-electron chi connectivity index (χ4n) is 0.826. The van der Waals surface area contributed by atoms with Gasteiger partial charge in [0.2, 0.25) is 17.7 Å². The van der Waals surface area contributed by atoms with Crippen molar-refractivity contribution < 1.29 is 23.0 Å². The second kappa shape index (κ2) is 5.05. The number of aromatic nitrogens is 2. The highest BCUT2D eigenvalue weighted by Crippen LogP contribution is 2.19. The fourth-order valence-corrected chi connectivity index (χ4v) is 0.826. The number of primary amides is 1. The molecule has 1 rings (SSSR count). The number of hydrogen-bond donors (Lipinski definition) is 2. The summed E-state index contributed by atoms with van der Waals surface area (Å²) in [4.78, 5) is 17.6. The summed E-state index contributed by atoms with van der Waals surface area (Å²) < 4.78 is 32.5. The number of anilines is 1. The average molecular weight is 234 g/mol. The largest absolute Gasteiger partial charge is 0.481 e. The van der Waals surface area contributed by atoms with Crippen LogP contribution in [0.2, 0.25) is 0 Å². The Balaban J connectivity index is 2.95. The van der Waals surface area contributed by atoms with Crippen molar-refractivity contribution in [2.24, 2.45) is 5.73 Å². The molecule has 0 aliphatic carbocycles. The molecule has 1 heterocycles. The van der Waals surface area contributed by atoms with E-state index < -0.39 is 18.5 Å². The van der Waals surface area contributed by atoms with Crippen LogP contribution in [0.4, 0.5) is 19.5 Å². The van der Waals surface area contributed by atoms with E-state index in [1.165, 1.54) is 7.11 Å². The number of carbonyl (C=O) groups is 1. The molecule has 2 amide bonds. The van der Waals surface area contributed by atoms with E-state index in [0.717, 1.165) is 6.07 Å². The molecule has 0 bridgehead atoms. The first-order valence-corrected chi connectivity index (χ1v) is 3.95. The Labute approximate surface area is 88.6 Å². The number of nitrogens with one attached hydrogen (secondary N) is 1. The molecule has 7 nitrogen and oxygen atoms in total. The summed E-state index contributed by atoms with van der Waals surface area (Å²) in [5.41, 5.74) is 4.81. The van der Waals surface area contributed by atoms with Crippen LogP contribution < -0.4 is 20.5 Å². The Hall–Kier alpha value is -2.19. The monoisotopic (exact) mass is 234 g/mol. The Bertz CT molecular complexity index is 388. The van der Waals surface area contributed by atoms with Gasteiger partial charge < -0.3 is 15.2 Å². The molecule has 9 heteroatoms. The second-order valence-electron chi connectivity index (χ2n) is 2.44. The van der Waals surface area contributed by atoms with Gasteiger partial charge in [-0.25, -0.2) is 4.79 Å². The lowest BCUT2D eigenvalue weighted by molar-refractivity contribution is -0.0529. The van der Waals surface area contributed by atoms with Crippen molar-refractivity contribution in [3.63, 3.8) is 0 Å². The third-order valence-electron chi connectivity index (χ3n) is 1.33. The first-order valence-electron chi connectivity index (χ1n) is 3.95. The van der Waals surface area contributed by atoms with Gasteiger partial charge in [0.05, 0.1) is 13.2 Å². The van der Waals surface area contributed by atoms with Gasteiger partial charge in [0.15, 0.2) is 0 Å². The van der Waals surface area contributed by atoms with Gasteiger partial charge in [-0.3, -0.25) is 5.32 Å². The summed E-state index contributed by atoms with van der Waals surface area (Å²) in [6, 6.07) is 0.106. The van der Waals surface area contributed by atoms with Crippen LogP contribution in [0.3, 0.4) is 0 Å². The van der Waals surface area contributed by atoms with Gasteiger partial charge in [0, 0.05) is 0 Å². The molecule has 0 fully saturated rings. The van der Waals surface area contributed by atoms with Gasteiger partial charge in [-0.05, 0) is 0 Å². The quantitative estimate of drug-likeness (QED) is 0.793. The summed E-state index contributed by atoms with van der Waals surface area (Å²) in [6.07, 6.45) is 0. The van der Waals surface area contributed by atoms with Crippen molar-refractivity contribution >= 4 is 12.0 Å². The zero-order chi connectivity index (χ0) is 12.1. The second-order valence-corrected chi connectivity index (χ2v) is 2.44. The molecule has 16 heavy (non-hydrogen) atoms. The predicted molar refractivity (Wildman–Crippen MR) is 48.4 cm³/mol. The number of nitrogens with two attached hydrogens (primary N) is 1. The van der Waals surface area contributed by atoms with E-state index in [1.54, 1.807) is 0 Å². The molecule has 88 valence electrons. The van der Waals surface area contributed by atoms with Crippen LogP contribution >= 0.6 is 0 Å². The van der Waals surface area contributed by atoms with Crippen LogP contribution in [0.25, 0.3) is 0 Å². The van der Waals surface area contributed by atoms with Gasteiger partial charge in [-0.2, -0.15) is 18.7 Å². The number of alkyl halides is 2. The Kier molecular flexibility index (Phi) is 3.75. The molecule has 0 aliphatic rings. The number of halogens is 2. The lowest BCUT2D eigenvalue weighted by Crippen LogP contribution is -2.21. The van der Waals surface area contributed by atoms with E-state index >= 15 is 0 Å². The summed E-state index contributed by atoms with van der Waals surface area (Å²) in [7, 11) is 1.27. The molecule has 0 saturated heterocycles. The SMILES string of the molecule is COc1cc(OC(F)F)nc(NC(N)=O)n1. The topological polar surface area (TPSA) is 99.4 Å². The lowest BCUT2D eigenvalue weighted by atomic mass is 10.6. The molecule has 0 aromatic carbocycles. The van der Waals surface area contributed by atoms with Gasteiger partial charge in [0.25, 0.3) is 0 Å². The van der Waals surface area contributed by atoms with E-state index in [-0.39, 0.29) is 11.8 Å². The zero-order valence-corrected chi connectivity index (χ0v) is 8.11. The third kappa shape index (κ3) is 3.52. The fraction of sp³-hybridized carbons (Fsp3) is 0.286. The summed E-state index contributed by atoms with van der Waals surface area (Å²) in [5.74, 6) is -0.775. The normalized spacial score (nSPS) is 10.0. The first kappa shape index (κ1) is 11.9. The number of methoxy groups -OCH3 is 1. The van der Waals surface area contributed by atoms with Crippen molar-refractivity contribution in [2.45, 2.75) is 6.61 Å². The molecule has 0 radical (unpaired) electrons. The maximum absolute atomic E-state index is 11.9. The lowest BCUT2D eigenvalue weighted by Gasteiger charge is -2.07. The van der Waals surface area contributed by atoms with Gasteiger partial charge in [-0.15, -0.1) is 0 Å². The Morgan fingerprint density at radius 1 is 1.50 bits per heavy atom. The average Bonchev–Trinajstić information content (AvgIpc) is 2.14. The highest BCUT2D eigenvalue weighted by molar-refractivity contribution is 5.85. The molecule has 0 atom stereocenters. The number of ether oxygens (including phenoxy) is 2. The molecular weight excluding hydrogens is 226 g/mol. The summed E-state index contributed by atoms with van der Waals surface area (Å²) >= 11 is 0. The summed E-state index contributed by atoms with van der Waals surface area (Å²) in [5, 5.41) is 2.00. The van der Waals surface area contributed by atoms with E-state index in [1.807, 2.05) is 5.32 Å². The molecule has 0 aliphatic heterocycles. The van der Waals surface area contributed by atoms with E-state index in [4.69, 9.17) is 10.5 Å². The molecular formula is C7H8F2N4O3. The van der Waals surface area contributed by atoms with Crippen molar-refractivity contribution in [3.8, 4) is 11.8 Å². The van der Waals surface area contributed by atoms with Crippen molar-refractivity contribution in [1.29, 1.82) is 0 Å². The minimum Gasteiger partial charge on any atom is -0.481 e. The molecule has 1 aromatic heterocycles. The third-order valence-corrected chi connectivity index (χ3v) is 1.33. The highest BCUT2D eigenvalue weighted by Gasteiger charge is 2.11. The van der Waals surface area contributed by atoms with E-state index in [9.17, 15) is 13.6 Å². The standard InChI is InChI=1S/C7H8F2N4O3/c1-15-3-2-4(16-5(8)9)12-7(11-3)13-6(10)14/h2,5H,1H3,(H3,10,11,12,13,14). The Morgan fingerprint density at radius 3 is 2.62 bits per heavy atom. The van der Waals surface area contributed by atoms with Crippen LogP contribution in [-0.2, 0) is 0 Å². The molecule has 0 unspecified atom stereocenters. The van der Waals surface area contributed by atoms with Gasteiger partial charge in [-0.1, -0.05) is 0 Å². The van der Waals surface area contributed by atoms with Crippen LogP contribution in [0, 0.1) is 0 Å². The maximum Gasteiger partial charge on any atom is 0.388 e. The Morgan fingerprint density at radius 2 is 2.12 bits per heavy atom. The van der Waals surface area contributed by atoms with Gasteiger partial charge >= 0.3 is 12.6 Å². The molecule has 1 aromatic rings. The minimum absolute atomic E-state index is 0.0469. The first-order chi connectivity index (χ1) is 7.51. The van der Waals surface area contributed by atoms with Crippen LogP contribution in [0.1, 0.15) is 0 Å². The van der Waals surface area contributed by atoms with Crippen molar-refractivity contribution in [2.75, 3.05) is 12.4 Å². The molecule has 3 N–H and O–H groups in total. The molecule has 0 saturated carbocycles. The number of hydrogen-bond acceptors (Lipinski definition) is 5. The van der Waals surface area contributed by atoms with Crippen LogP contribution in [0.5, 0.6) is 11.8 Å². The van der Waals surface area contributed by atoms with Crippen molar-refractivity contribution in [1.82, 2.24) is 9.97 Å². The van der Waals surface area contributed by atoms with E-state index in [2.05, 4.69) is 14.7 Å². The predicted octanol–water partition coefficient (Wildman–Crippen LogP) is 0.577. The number of nitrogens with zero attached hydrogens (tertiary/aromatic N) is 2.